The molecule has 0 unspecified atom stereocenters. The molecular weight excluding hydrogens is 256 g/mol. The van der Waals surface area contributed by atoms with Crippen molar-refractivity contribution in [3.63, 3.8) is 0 Å². The molecule has 0 saturated carbocycles. The smallest absolute Gasteiger partial charge is 0.0650 e. The molecule has 0 saturated heterocycles. The zero-order valence-corrected chi connectivity index (χ0v) is 9.96. The van der Waals surface area contributed by atoms with Crippen LogP contribution in [-0.2, 0) is 4.74 Å². The summed E-state index contributed by atoms with van der Waals surface area (Å²) >= 11 is 3.45. The lowest BCUT2D eigenvalue weighted by molar-refractivity contribution is 0.154. The van der Waals surface area contributed by atoms with Crippen LogP contribution in [-0.4, -0.2) is 24.7 Å². The molecule has 1 aromatic heterocycles. The highest BCUT2D eigenvalue weighted by atomic mass is 79.9. The van der Waals surface area contributed by atoms with Crippen molar-refractivity contribution in [2.75, 3.05) is 25.1 Å². The number of ether oxygens (including phenoxy) is 1. The van der Waals surface area contributed by atoms with E-state index in [-0.39, 0.29) is 0 Å². The fourth-order valence-electron chi connectivity index (χ4n) is 1.45. The van der Waals surface area contributed by atoms with E-state index in [0.717, 1.165) is 36.3 Å². The molecule has 1 aliphatic heterocycles. The van der Waals surface area contributed by atoms with Crippen molar-refractivity contribution < 1.29 is 4.74 Å². The monoisotopic (exact) mass is 268 g/mol. The Morgan fingerprint density at radius 3 is 3.20 bits per heavy atom. The molecular formula is C11H13BrN2O. The molecule has 0 aliphatic carbocycles. The first-order valence-electron chi connectivity index (χ1n) is 4.95. The Kier molecular flexibility index (Phi) is 3.75. The fraction of sp³-hybridized carbons (Fsp3) is 0.364. The van der Waals surface area contributed by atoms with Gasteiger partial charge in [0, 0.05) is 18.9 Å². The summed E-state index contributed by atoms with van der Waals surface area (Å²) in [5.74, 6) is 0. The first-order valence-corrected chi connectivity index (χ1v) is 5.74. The molecule has 0 fully saturated rings. The third-order valence-electron chi connectivity index (χ3n) is 2.34. The van der Waals surface area contributed by atoms with Crippen molar-refractivity contribution in [2.45, 2.75) is 6.42 Å². The summed E-state index contributed by atoms with van der Waals surface area (Å²) < 4.78 is 6.25. The molecule has 1 N–H and O–H groups in total. The highest BCUT2D eigenvalue weighted by Gasteiger charge is 2.04. The van der Waals surface area contributed by atoms with Crippen molar-refractivity contribution in [3.8, 4) is 0 Å². The first kappa shape index (κ1) is 10.6. The Hall–Kier alpha value is -0.870. The Bertz CT molecular complexity index is 365. The largest absolute Gasteiger partial charge is 0.380 e. The average Bonchev–Trinajstić information content (AvgIpc) is 2.29. The molecule has 0 radical (unpaired) electrons. The maximum atomic E-state index is 5.25. The average molecular weight is 269 g/mol. The van der Waals surface area contributed by atoms with E-state index in [0.29, 0.717) is 0 Å². The van der Waals surface area contributed by atoms with Crippen LogP contribution < -0.4 is 5.32 Å². The lowest BCUT2D eigenvalue weighted by Crippen LogP contribution is -2.12. The molecule has 0 atom stereocenters. The minimum absolute atomic E-state index is 0.745. The molecule has 4 heteroatoms. The van der Waals surface area contributed by atoms with Crippen LogP contribution in [0.3, 0.4) is 0 Å². The number of nitrogens with one attached hydrogen (secondary N) is 1. The van der Waals surface area contributed by atoms with Crippen molar-refractivity contribution >= 4 is 21.6 Å². The number of hydrogen-bond donors (Lipinski definition) is 1. The Morgan fingerprint density at radius 1 is 1.53 bits per heavy atom. The van der Waals surface area contributed by atoms with Gasteiger partial charge in [0.2, 0.25) is 0 Å². The summed E-state index contributed by atoms with van der Waals surface area (Å²) in [6.45, 7) is 2.46. The minimum atomic E-state index is 0.745. The summed E-state index contributed by atoms with van der Waals surface area (Å²) in [6.07, 6.45) is 6.74. The third-order valence-corrected chi connectivity index (χ3v) is 2.97. The van der Waals surface area contributed by atoms with Gasteiger partial charge in [0.1, 0.15) is 0 Å². The first-order chi connectivity index (χ1) is 7.36. The van der Waals surface area contributed by atoms with Gasteiger partial charge in [-0.3, -0.25) is 4.98 Å². The fourth-order valence-corrected chi connectivity index (χ4v) is 1.84. The lowest BCUT2D eigenvalue weighted by atomic mass is 10.1. The predicted octanol–water partition coefficient (Wildman–Crippen LogP) is 2.60. The van der Waals surface area contributed by atoms with Gasteiger partial charge in [-0.05, 0) is 28.4 Å². The quantitative estimate of drug-likeness (QED) is 0.856. The summed E-state index contributed by atoms with van der Waals surface area (Å²) in [5.41, 5.74) is 2.49. The van der Waals surface area contributed by atoms with Crippen LogP contribution in [0.5, 0.6) is 0 Å². The zero-order chi connectivity index (χ0) is 10.5. The number of nitrogens with zero attached hydrogens (tertiary/aromatic N) is 1. The van der Waals surface area contributed by atoms with Gasteiger partial charge in [-0.15, -0.1) is 0 Å². The number of anilines is 1. The van der Waals surface area contributed by atoms with Gasteiger partial charge in [-0.1, -0.05) is 11.6 Å². The van der Waals surface area contributed by atoms with Crippen LogP contribution in [0.4, 0.5) is 5.69 Å². The second-order valence-corrected chi connectivity index (χ2v) is 4.25. The maximum Gasteiger partial charge on any atom is 0.0650 e. The van der Waals surface area contributed by atoms with Crippen molar-refractivity contribution in [2.24, 2.45) is 0 Å². The molecule has 0 aromatic carbocycles. The SMILES string of the molecule is Brc1cnccc1NCC1=CCOCC1. The summed E-state index contributed by atoms with van der Waals surface area (Å²) in [5, 5.41) is 3.37. The molecule has 15 heavy (non-hydrogen) atoms. The van der Waals surface area contributed by atoms with E-state index in [2.05, 4.69) is 32.3 Å². The van der Waals surface area contributed by atoms with E-state index in [4.69, 9.17) is 4.74 Å². The maximum absolute atomic E-state index is 5.25. The van der Waals surface area contributed by atoms with E-state index >= 15 is 0 Å². The van der Waals surface area contributed by atoms with Crippen LogP contribution >= 0.6 is 15.9 Å². The van der Waals surface area contributed by atoms with E-state index < -0.39 is 0 Å². The highest BCUT2D eigenvalue weighted by molar-refractivity contribution is 9.10. The molecule has 0 amide bonds. The molecule has 80 valence electrons. The molecule has 1 aliphatic rings. The Balaban J connectivity index is 1.93. The second-order valence-electron chi connectivity index (χ2n) is 3.40. The number of hydrogen-bond acceptors (Lipinski definition) is 3. The standard InChI is InChI=1S/C11H13BrN2O/c12-10-8-13-4-1-11(10)14-7-9-2-5-15-6-3-9/h1-2,4,8H,3,5-7H2,(H,13,14). The summed E-state index contributed by atoms with van der Waals surface area (Å²) in [7, 11) is 0. The highest BCUT2D eigenvalue weighted by Crippen LogP contribution is 2.20. The molecule has 3 nitrogen and oxygen atoms in total. The van der Waals surface area contributed by atoms with Gasteiger partial charge in [-0.2, -0.15) is 0 Å². The molecule has 0 bridgehead atoms. The van der Waals surface area contributed by atoms with Crippen LogP contribution in [0.15, 0.2) is 34.6 Å². The number of halogens is 1. The number of rotatable bonds is 3. The van der Waals surface area contributed by atoms with Gasteiger partial charge in [0.05, 0.1) is 23.4 Å². The van der Waals surface area contributed by atoms with Gasteiger partial charge in [0.15, 0.2) is 0 Å². The van der Waals surface area contributed by atoms with E-state index in [1.54, 1.807) is 12.4 Å². The minimum Gasteiger partial charge on any atom is -0.380 e. The number of aromatic nitrogens is 1. The Labute approximate surface area is 97.7 Å². The van der Waals surface area contributed by atoms with Crippen molar-refractivity contribution in [1.82, 2.24) is 4.98 Å². The molecule has 2 heterocycles. The second kappa shape index (κ2) is 5.28. The topological polar surface area (TPSA) is 34.2 Å². The number of pyridine rings is 1. The van der Waals surface area contributed by atoms with Gasteiger partial charge in [0.25, 0.3) is 0 Å². The van der Waals surface area contributed by atoms with Gasteiger partial charge >= 0.3 is 0 Å². The predicted molar refractivity (Wildman–Crippen MR) is 63.9 cm³/mol. The van der Waals surface area contributed by atoms with Gasteiger partial charge in [-0.25, -0.2) is 0 Å². The van der Waals surface area contributed by atoms with Crippen LogP contribution in [0.2, 0.25) is 0 Å². The lowest BCUT2D eigenvalue weighted by Gasteiger charge is -2.15. The van der Waals surface area contributed by atoms with Crippen molar-refractivity contribution in [1.29, 1.82) is 0 Å². The van der Waals surface area contributed by atoms with E-state index in [1.807, 2.05) is 6.07 Å². The molecule has 2 rings (SSSR count). The van der Waals surface area contributed by atoms with Gasteiger partial charge < -0.3 is 10.1 Å². The summed E-state index contributed by atoms with van der Waals surface area (Å²) in [6, 6.07) is 1.96. The van der Waals surface area contributed by atoms with E-state index in [9.17, 15) is 0 Å². The van der Waals surface area contributed by atoms with Crippen molar-refractivity contribution in [3.05, 3.63) is 34.6 Å². The third kappa shape index (κ3) is 3.04. The van der Waals surface area contributed by atoms with Crippen LogP contribution in [0.1, 0.15) is 6.42 Å². The zero-order valence-electron chi connectivity index (χ0n) is 8.37. The van der Waals surface area contributed by atoms with Crippen LogP contribution in [0, 0.1) is 0 Å². The van der Waals surface area contributed by atoms with E-state index in [1.165, 1.54) is 5.57 Å². The molecule has 0 spiro atoms. The normalized spacial score (nSPS) is 15.9. The molecule has 1 aromatic rings. The van der Waals surface area contributed by atoms with Crippen LogP contribution in [0.25, 0.3) is 0 Å². The summed E-state index contributed by atoms with van der Waals surface area (Å²) in [4.78, 5) is 4.02. The Morgan fingerprint density at radius 2 is 2.47 bits per heavy atom.